The Hall–Kier alpha value is -3.16. The molecule has 0 bridgehead atoms. The number of likely N-dealkylation sites (tertiary alicyclic amines) is 1. The number of rotatable bonds is 2. The highest BCUT2D eigenvalue weighted by atomic mass is 16.4. The fraction of sp³-hybridized carbons (Fsp3) is 0.400. The average molecular weight is 383 g/mol. The molecule has 4 rings (SSSR count). The van der Waals surface area contributed by atoms with E-state index in [0.29, 0.717) is 31.3 Å². The summed E-state index contributed by atoms with van der Waals surface area (Å²) in [5.41, 5.74) is -0.271. The van der Waals surface area contributed by atoms with Crippen molar-refractivity contribution in [3.05, 3.63) is 46.2 Å². The first-order valence-corrected chi connectivity index (χ1v) is 9.24. The quantitative estimate of drug-likeness (QED) is 0.795. The molecule has 28 heavy (non-hydrogen) atoms. The van der Waals surface area contributed by atoms with E-state index in [2.05, 4.69) is 5.32 Å². The number of nitrogens with one attached hydrogen (secondary N) is 1. The molecule has 0 radical (unpaired) electrons. The van der Waals surface area contributed by atoms with Gasteiger partial charge in [0.2, 0.25) is 11.3 Å². The van der Waals surface area contributed by atoms with Crippen LogP contribution in [-0.4, -0.2) is 51.0 Å². The highest BCUT2D eigenvalue weighted by molar-refractivity contribution is 5.97. The van der Waals surface area contributed by atoms with Gasteiger partial charge in [-0.25, -0.2) is 0 Å². The number of nitrogens with zero attached hydrogens (tertiary/aromatic N) is 2. The van der Waals surface area contributed by atoms with Crippen molar-refractivity contribution < 1.29 is 19.5 Å². The zero-order chi connectivity index (χ0) is 20.1. The minimum absolute atomic E-state index is 0.0332. The number of pyridine rings is 1. The second kappa shape index (κ2) is 6.47. The van der Waals surface area contributed by atoms with E-state index in [0.717, 1.165) is 5.52 Å². The van der Waals surface area contributed by atoms with Crippen LogP contribution in [0.5, 0.6) is 0 Å². The maximum Gasteiger partial charge on any atom is 0.309 e. The number of para-hydroxylation sites is 1. The Labute approximate surface area is 160 Å². The van der Waals surface area contributed by atoms with Crippen molar-refractivity contribution in [3.63, 3.8) is 0 Å². The predicted molar refractivity (Wildman–Crippen MR) is 101 cm³/mol. The number of hydrogen-bond donors (Lipinski definition) is 2. The van der Waals surface area contributed by atoms with Crippen LogP contribution >= 0.6 is 0 Å². The summed E-state index contributed by atoms with van der Waals surface area (Å²) in [7, 11) is 1.79. The van der Waals surface area contributed by atoms with Crippen LogP contribution in [-0.2, 0) is 16.6 Å². The maximum absolute atomic E-state index is 13.0. The molecular weight excluding hydrogens is 362 g/mol. The van der Waals surface area contributed by atoms with Gasteiger partial charge in [-0.2, -0.15) is 0 Å². The molecule has 2 aliphatic heterocycles. The Bertz CT molecular complexity index is 1050. The predicted octanol–water partition coefficient (Wildman–Crippen LogP) is 0.734. The molecule has 1 atom stereocenters. The number of carboxylic acids is 1. The van der Waals surface area contributed by atoms with E-state index in [9.17, 15) is 24.3 Å². The molecule has 0 aliphatic carbocycles. The van der Waals surface area contributed by atoms with Crippen LogP contribution in [0.2, 0.25) is 0 Å². The minimum Gasteiger partial charge on any atom is -0.481 e. The van der Waals surface area contributed by atoms with Gasteiger partial charge >= 0.3 is 5.97 Å². The molecule has 2 aromatic rings. The number of hydrogen-bond acceptors (Lipinski definition) is 4. The Morgan fingerprint density at radius 2 is 1.86 bits per heavy atom. The third kappa shape index (κ3) is 2.76. The van der Waals surface area contributed by atoms with Gasteiger partial charge in [-0.15, -0.1) is 0 Å². The molecule has 2 fully saturated rings. The number of carboxylic acid groups (broad SMARTS) is 1. The SMILES string of the molecule is Cn1cc(C(=O)N2CCC3(CC2)NC(=O)C[C@@H]3C(=O)O)c(=O)c2ccccc21. The van der Waals surface area contributed by atoms with Gasteiger partial charge in [-0.1, -0.05) is 12.1 Å². The van der Waals surface area contributed by atoms with Crippen molar-refractivity contribution in [2.75, 3.05) is 13.1 Å². The molecule has 0 saturated carbocycles. The van der Waals surface area contributed by atoms with Gasteiger partial charge in [0.1, 0.15) is 5.56 Å². The molecule has 2 amide bonds. The molecule has 3 heterocycles. The summed E-state index contributed by atoms with van der Waals surface area (Å²) >= 11 is 0. The van der Waals surface area contributed by atoms with Gasteiger partial charge in [0.25, 0.3) is 5.91 Å². The Kier molecular flexibility index (Phi) is 4.21. The van der Waals surface area contributed by atoms with E-state index in [1.54, 1.807) is 34.8 Å². The average Bonchev–Trinajstić information content (AvgIpc) is 3.01. The largest absolute Gasteiger partial charge is 0.481 e. The Morgan fingerprint density at radius 3 is 2.54 bits per heavy atom. The Balaban J connectivity index is 1.59. The summed E-state index contributed by atoms with van der Waals surface area (Å²) < 4.78 is 1.76. The fourth-order valence-corrected chi connectivity index (χ4v) is 4.47. The molecule has 1 aromatic carbocycles. The lowest BCUT2D eigenvalue weighted by Crippen LogP contribution is -2.56. The molecule has 8 nitrogen and oxygen atoms in total. The van der Waals surface area contributed by atoms with Crippen molar-refractivity contribution in [1.82, 2.24) is 14.8 Å². The lowest BCUT2D eigenvalue weighted by molar-refractivity contribution is -0.144. The van der Waals surface area contributed by atoms with Gasteiger partial charge in [-0.3, -0.25) is 19.2 Å². The van der Waals surface area contributed by atoms with Crippen molar-refractivity contribution in [1.29, 1.82) is 0 Å². The van der Waals surface area contributed by atoms with Gasteiger partial charge in [0.15, 0.2) is 0 Å². The highest BCUT2D eigenvalue weighted by Gasteiger charge is 2.52. The summed E-state index contributed by atoms with van der Waals surface area (Å²) in [6.07, 6.45) is 2.23. The number of benzene rings is 1. The van der Waals surface area contributed by atoms with Crippen LogP contribution in [0, 0.1) is 5.92 Å². The molecule has 2 N–H and O–H groups in total. The number of aromatic nitrogens is 1. The third-order valence-corrected chi connectivity index (χ3v) is 6.01. The number of piperidine rings is 1. The number of aryl methyl sites for hydroxylation is 1. The number of carbonyl (C=O) groups excluding carboxylic acids is 2. The molecule has 2 aliphatic rings. The van der Waals surface area contributed by atoms with E-state index < -0.39 is 17.4 Å². The monoisotopic (exact) mass is 383 g/mol. The van der Waals surface area contributed by atoms with Crippen LogP contribution in [0.1, 0.15) is 29.6 Å². The lowest BCUT2D eigenvalue weighted by Gasteiger charge is -2.41. The van der Waals surface area contributed by atoms with Crippen LogP contribution in [0.15, 0.2) is 35.3 Å². The van der Waals surface area contributed by atoms with Crippen LogP contribution in [0.3, 0.4) is 0 Å². The van der Waals surface area contributed by atoms with Gasteiger partial charge in [0.05, 0.1) is 17.0 Å². The minimum atomic E-state index is -0.999. The second-order valence-electron chi connectivity index (χ2n) is 7.59. The van der Waals surface area contributed by atoms with E-state index in [1.807, 2.05) is 12.1 Å². The number of aliphatic carboxylic acids is 1. The smallest absolute Gasteiger partial charge is 0.309 e. The van der Waals surface area contributed by atoms with Crippen molar-refractivity contribution >= 4 is 28.7 Å². The normalized spacial score (nSPS) is 21.1. The van der Waals surface area contributed by atoms with E-state index in [-0.39, 0.29) is 29.2 Å². The summed E-state index contributed by atoms with van der Waals surface area (Å²) in [6, 6.07) is 7.12. The van der Waals surface area contributed by atoms with Crippen LogP contribution < -0.4 is 10.7 Å². The zero-order valence-corrected chi connectivity index (χ0v) is 15.5. The number of fused-ring (bicyclic) bond motifs is 1. The molecule has 0 unspecified atom stereocenters. The van der Waals surface area contributed by atoms with Crippen molar-refractivity contribution in [3.8, 4) is 0 Å². The van der Waals surface area contributed by atoms with Gasteiger partial charge in [0, 0.05) is 38.1 Å². The molecule has 1 spiro atoms. The first-order chi connectivity index (χ1) is 13.3. The third-order valence-electron chi connectivity index (χ3n) is 6.01. The topological polar surface area (TPSA) is 109 Å². The highest BCUT2D eigenvalue weighted by Crippen LogP contribution is 2.37. The Morgan fingerprint density at radius 1 is 1.18 bits per heavy atom. The summed E-state index contributed by atoms with van der Waals surface area (Å²) in [4.78, 5) is 50.7. The fourth-order valence-electron chi connectivity index (χ4n) is 4.47. The number of amides is 2. The summed E-state index contributed by atoms with van der Waals surface area (Å²) in [5.74, 6) is -2.42. The summed E-state index contributed by atoms with van der Waals surface area (Å²) in [5, 5.41) is 12.8. The summed E-state index contributed by atoms with van der Waals surface area (Å²) in [6.45, 7) is 0.581. The molecule has 1 aromatic heterocycles. The van der Waals surface area contributed by atoms with Gasteiger partial charge < -0.3 is 19.9 Å². The number of carbonyl (C=O) groups is 3. The standard InChI is InChI=1S/C20H21N3O5/c1-22-11-13(17(25)12-4-2-3-5-15(12)22)18(26)23-8-6-20(7-9-23)14(19(27)28)10-16(24)21-20/h2-5,11,14H,6-10H2,1H3,(H,21,24)(H,27,28)/t14-/m1/s1. The van der Waals surface area contributed by atoms with E-state index in [4.69, 9.17) is 0 Å². The first-order valence-electron chi connectivity index (χ1n) is 9.24. The van der Waals surface area contributed by atoms with Crippen LogP contribution in [0.25, 0.3) is 10.9 Å². The van der Waals surface area contributed by atoms with Gasteiger partial charge in [-0.05, 0) is 25.0 Å². The second-order valence-corrected chi connectivity index (χ2v) is 7.59. The molecule has 146 valence electrons. The molecule has 2 saturated heterocycles. The maximum atomic E-state index is 13.0. The van der Waals surface area contributed by atoms with Crippen molar-refractivity contribution in [2.45, 2.75) is 24.8 Å². The van der Waals surface area contributed by atoms with Crippen LogP contribution in [0.4, 0.5) is 0 Å². The molecular formula is C20H21N3O5. The van der Waals surface area contributed by atoms with E-state index >= 15 is 0 Å². The van der Waals surface area contributed by atoms with Crippen molar-refractivity contribution in [2.24, 2.45) is 13.0 Å². The van der Waals surface area contributed by atoms with E-state index in [1.165, 1.54) is 0 Å². The molecule has 8 heteroatoms. The zero-order valence-electron chi connectivity index (χ0n) is 15.5. The lowest BCUT2D eigenvalue weighted by atomic mass is 9.77. The first kappa shape index (κ1) is 18.2.